The van der Waals surface area contributed by atoms with Gasteiger partial charge in [0.05, 0.1) is 37.2 Å². The van der Waals surface area contributed by atoms with Crippen LogP contribution < -0.4 is 10.5 Å². The lowest BCUT2D eigenvalue weighted by molar-refractivity contribution is -0.127. The lowest BCUT2D eigenvalue weighted by atomic mass is 9.96. The van der Waals surface area contributed by atoms with Crippen LogP contribution in [0.4, 0.5) is 10.2 Å². The smallest absolute Gasteiger partial charge is 0.264 e. The van der Waals surface area contributed by atoms with E-state index in [1.807, 2.05) is 39.1 Å². The number of para-hydroxylation sites is 1. The molecule has 4 aromatic rings. The number of hydrogen-bond donors (Lipinski definition) is 1. The van der Waals surface area contributed by atoms with Crippen molar-refractivity contribution in [2.75, 3.05) is 32.5 Å². The first-order chi connectivity index (χ1) is 21.7. The number of nitrogens with zero attached hydrogens (tertiary/aromatic N) is 7. The van der Waals surface area contributed by atoms with Gasteiger partial charge in [-0.15, -0.1) is 0 Å². The maximum absolute atomic E-state index is 15.6. The zero-order chi connectivity index (χ0) is 31.7. The summed E-state index contributed by atoms with van der Waals surface area (Å²) in [5.74, 6) is 0.235. The van der Waals surface area contributed by atoms with Crippen molar-refractivity contribution in [1.82, 2.24) is 29.5 Å². The Balaban J connectivity index is 1.28. The van der Waals surface area contributed by atoms with Gasteiger partial charge in [0.15, 0.2) is 5.65 Å². The van der Waals surface area contributed by atoms with Crippen molar-refractivity contribution >= 4 is 22.8 Å². The third-order valence-electron chi connectivity index (χ3n) is 8.68. The molecule has 0 spiro atoms. The quantitative estimate of drug-likeness (QED) is 0.214. The van der Waals surface area contributed by atoms with Crippen molar-refractivity contribution in [3.8, 4) is 28.8 Å². The minimum absolute atomic E-state index is 0.0939. The lowest BCUT2D eigenvalue weighted by Gasteiger charge is -2.43. The van der Waals surface area contributed by atoms with Gasteiger partial charge in [-0.3, -0.25) is 9.69 Å². The van der Waals surface area contributed by atoms with E-state index in [1.165, 1.54) is 12.4 Å². The van der Waals surface area contributed by atoms with Crippen molar-refractivity contribution in [2.45, 2.75) is 50.9 Å². The number of nitriles is 1. The molecule has 0 saturated carbocycles. The van der Waals surface area contributed by atoms with E-state index in [-0.39, 0.29) is 41.5 Å². The number of halogens is 1. The predicted molar refractivity (Wildman–Crippen MR) is 167 cm³/mol. The summed E-state index contributed by atoms with van der Waals surface area (Å²) in [6.07, 6.45) is 4.57. The number of likely N-dealkylation sites (N-methyl/N-ethyl adjacent to an activating group) is 1. The van der Waals surface area contributed by atoms with Crippen LogP contribution >= 0.6 is 0 Å². The van der Waals surface area contributed by atoms with Crippen molar-refractivity contribution in [3.63, 3.8) is 0 Å². The first-order valence-corrected chi connectivity index (χ1v) is 14.9. The number of benzene rings is 2. The molecule has 232 valence electrons. The van der Waals surface area contributed by atoms with Gasteiger partial charge < -0.3 is 20.1 Å². The Morgan fingerprint density at radius 3 is 2.69 bits per heavy atom. The molecule has 45 heavy (non-hydrogen) atoms. The maximum Gasteiger partial charge on any atom is 0.264 e. The molecule has 2 saturated heterocycles. The van der Waals surface area contributed by atoms with E-state index in [4.69, 9.17) is 20.3 Å². The van der Waals surface area contributed by atoms with Gasteiger partial charge in [-0.25, -0.2) is 19.0 Å². The number of rotatable bonds is 9. The number of carbonyl (C=O) groups excluding carboxylic acids is 1. The molecule has 0 aliphatic carbocycles. The second kappa shape index (κ2) is 12.3. The first kappa shape index (κ1) is 30.2. The molecule has 0 radical (unpaired) electrons. The van der Waals surface area contributed by atoms with Gasteiger partial charge in [0, 0.05) is 23.7 Å². The zero-order valence-electron chi connectivity index (χ0n) is 25.5. The molecule has 2 aliphatic heterocycles. The Kier molecular flexibility index (Phi) is 8.22. The van der Waals surface area contributed by atoms with Gasteiger partial charge in [-0.05, 0) is 64.1 Å². The number of likely N-dealkylation sites (tertiary alicyclic amines) is 1. The number of carbonyl (C=O) groups is 1. The third-order valence-corrected chi connectivity index (χ3v) is 8.68. The molecular formula is C33H35FN8O3. The van der Waals surface area contributed by atoms with E-state index in [9.17, 15) is 10.1 Å². The number of nitrogen functional groups attached to an aromatic ring is 1. The Hall–Kier alpha value is -4.86. The molecule has 6 rings (SSSR count). The lowest BCUT2D eigenvalue weighted by Crippen LogP contribution is -2.55. The van der Waals surface area contributed by atoms with Crippen molar-refractivity contribution in [1.29, 1.82) is 5.26 Å². The van der Waals surface area contributed by atoms with Crippen LogP contribution in [0.1, 0.15) is 26.7 Å². The Morgan fingerprint density at radius 2 is 2.00 bits per heavy atom. The molecule has 2 aromatic carbocycles. The number of nitrogens with two attached hydrogens (primary N) is 1. The zero-order valence-corrected chi connectivity index (χ0v) is 25.5. The fourth-order valence-electron chi connectivity index (χ4n) is 5.88. The van der Waals surface area contributed by atoms with Crippen molar-refractivity contribution < 1.29 is 18.7 Å². The predicted octanol–water partition coefficient (Wildman–Crippen LogP) is 4.56. The highest BCUT2D eigenvalue weighted by Crippen LogP contribution is 2.35. The summed E-state index contributed by atoms with van der Waals surface area (Å²) in [6.45, 7) is 6.02. The molecular weight excluding hydrogens is 575 g/mol. The minimum atomic E-state index is -0.541. The molecule has 2 N–H and O–H groups in total. The van der Waals surface area contributed by atoms with Gasteiger partial charge in [-0.1, -0.05) is 18.2 Å². The van der Waals surface area contributed by atoms with Gasteiger partial charge in [-0.2, -0.15) is 10.4 Å². The monoisotopic (exact) mass is 610 g/mol. The molecule has 2 fully saturated rings. The maximum atomic E-state index is 15.6. The van der Waals surface area contributed by atoms with Gasteiger partial charge in [0.25, 0.3) is 5.91 Å². The van der Waals surface area contributed by atoms with Crippen LogP contribution in [0.3, 0.4) is 0 Å². The van der Waals surface area contributed by atoms with Gasteiger partial charge >= 0.3 is 0 Å². The summed E-state index contributed by atoms with van der Waals surface area (Å²) in [6, 6.07) is 15.8. The summed E-state index contributed by atoms with van der Waals surface area (Å²) in [4.78, 5) is 26.2. The number of amides is 1. The van der Waals surface area contributed by atoms with E-state index in [2.05, 4.69) is 20.9 Å². The fraction of sp³-hybridized carbons (Fsp3) is 0.364. The van der Waals surface area contributed by atoms with Crippen LogP contribution in [0.2, 0.25) is 0 Å². The second-order valence-corrected chi connectivity index (χ2v) is 12.0. The Morgan fingerprint density at radius 1 is 1.22 bits per heavy atom. The molecule has 0 bridgehead atoms. The van der Waals surface area contributed by atoms with E-state index in [0.29, 0.717) is 54.4 Å². The van der Waals surface area contributed by atoms with Crippen LogP contribution in [0.5, 0.6) is 11.5 Å². The number of anilines is 1. The Bertz CT molecular complexity index is 1790. The molecule has 0 unspecified atom stereocenters. The van der Waals surface area contributed by atoms with Crippen molar-refractivity contribution in [3.05, 3.63) is 72.3 Å². The molecule has 1 amide bonds. The number of ether oxygens (including phenoxy) is 2. The summed E-state index contributed by atoms with van der Waals surface area (Å²) in [5.41, 5.74) is 6.79. The minimum Gasteiger partial charge on any atom is -0.457 e. The van der Waals surface area contributed by atoms with Crippen LogP contribution in [0, 0.1) is 17.1 Å². The number of aromatic nitrogens is 4. The van der Waals surface area contributed by atoms with Crippen LogP contribution in [-0.4, -0.2) is 79.9 Å². The van der Waals surface area contributed by atoms with Crippen LogP contribution in [0.25, 0.3) is 22.3 Å². The molecule has 1 atom stereocenters. The van der Waals surface area contributed by atoms with Crippen LogP contribution in [-0.2, 0) is 16.1 Å². The van der Waals surface area contributed by atoms with E-state index >= 15 is 4.39 Å². The van der Waals surface area contributed by atoms with E-state index < -0.39 is 11.4 Å². The van der Waals surface area contributed by atoms with Crippen LogP contribution in [0.15, 0.2) is 66.5 Å². The number of hydrogen-bond acceptors (Lipinski definition) is 9. The summed E-state index contributed by atoms with van der Waals surface area (Å²) in [5, 5.41) is 15.2. The SMILES string of the molecule is CN(C1COC1)C(C)(C)/C=C(\C#N)C(=O)N1CCC[C@@H]1Cn1nc(-c2ccc(Oc3ccccc3)cc2F)c2c(N)ncnc21. The van der Waals surface area contributed by atoms with Gasteiger partial charge in [0.2, 0.25) is 0 Å². The second-order valence-electron chi connectivity index (χ2n) is 12.0. The molecule has 2 aromatic heterocycles. The van der Waals surface area contributed by atoms with Crippen molar-refractivity contribution in [2.24, 2.45) is 0 Å². The summed E-state index contributed by atoms with van der Waals surface area (Å²) < 4.78 is 28.3. The van der Waals surface area contributed by atoms with E-state index in [0.717, 1.165) is 6.42 Å². The highest BCUT2D eigenvalue weighted by Gasteiger charge is 2.36. The topological polar surface area (TPSA) is 135 Å². The van der Waals surface area contributed by atoms with E-state index in [1.54, 1.807) is 39.9 Å². The highest BCUT2D eigenvalue weighted by molar-refractivity contribution is 5.99. The third kappa shape index (κ3) is 5.96. The molecule has 4 heterocycles. The average Bonchev–Trinajstić information content (AvgIpc) is 3.61. The first-order valence-electron chi connectivity index (χ1n) is 14.9. The molecule has 12 heteroatoms. The molecule has 2 aliphatic rings. The largest absolute Gasteiger partial charge is 0.457 e. The fourth-order valence-corrected chi connectivity index (χ4v) is 5.88. The van der Waals surface area contributed by atoms with Gasteiger partial charge in [0.1, 0.15) is 46.8 Å². The Labute approximate surface area is 260 Å². The molecule has 11 nitrogen and oxygen atoms in total. The number of fused-ring (bicyclic) bond motifs is 1. The standard InChI is InChI=1S/C33H35FN8O3/c1-33(2,40(3)23-18-44-19-23)15-21(16-35)32(43)41-13-7-8-22(41)17-42-31-28(30(36)37-20-38-31)29(39-42)26-12-11-25(14-27(26)34)45-24-9-5-4-6-10-24/h4-6,9-12,14-15,20,22-23H,7-8,13,17-19H2,1-3H3,(H2,36,37,38)/b21-15+/t22-/m1/s1. The normalized spacial score (nSPS) is 17.5. The highest BCUT2D eigenvalue weighted by atomic mass is 19.1. The summed E-state index contributed by atoms with van der Waals surface area (Å²) >= 11 is 0. The summed E-state index contributed by atoms with van der Waals surface area (Å²) in [7, 11) is 1.97. The average molecular weight is 611 g/mol.